The minimum atomic E-state index is -0.276. The van der Waals surface area contributed by atoms with E-state index < -0.39 is 0 Å². The first kappa shape index (κ1) is 21.4. The molecule has 7 nitrogen and oxygen atoms in total. The quantitative estimate of drug-likeness (QED) is 0.479. The van der Waals surface area contributed by atoms with Gasteiger partial charge in [0.15, 0.2) is 0 Å². The van der Waals surface area contributed by atoms with Crippen LogP contribution < -0.4 is 5.32 Å². The van der Waals surface area contributed by atoms with E-state index in [-0.39, 0.29) is 18.0 Å². The third-order valence-corrected chi connectivity index (χ3v) is 5.23. The molecule has 1 amide bonds. The molecule has 0 saturated carbocycles. The fourth-order valence-corrected chi connectivity index (χ4v) is 3.54. The van der Waals surface area contributed by atoms with Gasteiger partial charge in [0.1, 0.15) is 0 Å². The molecule has 3 heterocycles. The number of pyridine rings is 1. The van der Waals surface area contributed by atoms with Crippen LogP contribution >= 0.6 is 0 Å². The van der Waals surface area contributed by atoms with Gasteiger partial charge < -0.3 is 5.32 Å². The van der Waals surface area contributed by atoms with Crippen molar-refractivity contribution < 1.29 is 4.79 Å². The van der Waals surface area contributed by atoms with E-state index in [0.29, 0.717) is 11.3 Å². The lowest BCUT2D eigenvalue weighted by molar-refractivity contribution is 0.0939. The summed E-state index contributed by atoms with van der Waals surface area (Å²) in [4.78, 5) is 26.1. The van der Waals surface area contributed by atoms with E-state index in [2.05, 4.69) is 45.3 Å². The number of benzene rings is 1. The van der Waals surface area contributed by atoms with E-state index in [1.54, 1.807) is 24.8 Å². The van der Waals surface area contributed by atoms with Crippen LogP contribution in [-0.2, 0) is 0 Å². The Balaban J connectivity index is 1.75. The molecule has 0 radical (unpaired) electrons. The van der Waals surface area contributed by atoms with Gasteiger partial charge in [0.25, 0.3) is 5.91 Å². The third kappa shape index (κ3) is 4.56. The maximum Gasteiger partial charge on any atom is 0.251 e. The van der Waals surface area contributed by atoms with Crippen LogP contribution in [0, 0.1) is 6.92 Å². The van der Waals surface area contributed by atoms with Gasteiger partial charge in [-0.2, -0.15) is 5.10 Å². The molecule has 0 saturated heterocycles. The molecule has 162 valence electrons. The Morgan fingerprint density at radius 3 is 2.44 bits per heavy atom. The van der Waals surface area contributed by atoms with Crippen LogP contribution in [0.25, 0.3) is 22.5 Å². The van der Waals surface area contributed by atoms with Crippen molar-refractivity contribution in [1.29, 1.82) is 0 Å². The number of rotatable bonds is 6. The van der Waals surface area contributed by atoms with E-state index in [1.165, 1.54) is 0 Å². The molecule has 0 spiro atoms. The first-order valence-electron chi connectivity index (χ1n) is 10.6. The summed E-state index contributed by atoms with van der Waals surface area (Å²) < 4.78 is 1.95. The van der Waals surface area contributed by atoms with Crippen molar-refractivity contribution in [2.24, 2.45) is 0 Å². The summed E-state index contributed by atoms with van der Waals surface area (Å²) >= 11 is 0. The molecule has 1 atom stereocenters. The zero-order valence-electron chi connectivity index (χ0n) is 18.6. The van der Waals surface area contributed by atoms with Gasteiger partial charge in [-0.1, -0.05) is 6.07 Å². The van der Waals surface area contributed by atoms with E-state index in [0.717, 1.165) is 28.1 Å². The molecule has 1 unspecified atom stereocenters. The summed E-state index contributed by atoms with van der Waals surface area (Å²) in [5.74, 6) is -0.186. The van der Waals surface area contributed by atoms with Crippen LogP contribution in [0.1, 0.15) is 54.5 Å². The average Bonchev–Trinajstić information content (AvgIpc) is 3.30. The van der Waals surface area contributed by atoms with Crippen LogP contribution in [0.4, 0.5) is 0 Å². The molecule has 0 fully saturated rings. The highest BCUT2D eigenvalue weighted by molar-refractivity contribution is 5.97. The molecular weight excluding hydrogens is 400 g/mol. The Hall–Kier alpha value is -3.87. The number of carbonyl (C=O) groups excluding carboxylic acids is 1. The number of nitrogens with one attached hydrogen (secondary N) is 1. The molecule has 4 rings (SSSR count). The first-order chi connectivity index (χ1) is 15.4. The van der Waals surface area contributed by atoms with Crippen molar-refractivity contribution in [3.05, 3.63) is 84.2 Å². The number of carbonyl (C=O) groups is 1. The summed E-state index contributed by atoms with van der Waals surface area (Å²) in [6.07, 6.45) is 8.50. The minimum Gasteiger partial charge on any atom is -0.344 e. The Bertz CT molecular complexity index is 1210. The summed E-state index contributed by atoms with van der Waals surface area (Å²) in [6.45, 7) is 8.05. The van der Waals surface area contributed by atoms with Gasteiger partial charge in [-0.3, -0.25) is 24.4 Å². The van der Waals surface area contributed by atoms with Crippen molar-refractivity contribution >= 4 is 5.91 Å². The van der Waals surface area contributed by atoms with Crippen molar-refractivity contribution in [1.82, 2.24) is 30.0 Å². The molecule has 0 bridgehead atoms. The summed E-state index contributed by atoms with van der Waals surface area (Å²) in [5.41, 5.74) is 5.87. The SMILES string of the molecule is Cc1ccc(-c2cc(C(=O)NC(C)c3cnccn3)cc(-c3ccnn3C(C)C)c2)nc1. The molecule has 1 N–H and O–H groups in total. The van der Waals surface area contributed by atoms with E-state index in [1.807, 2.05) is 55.1 Å². The standard InChI is InChI=1S/C25H26N6O/c1-16(2)31-24(7-8-29-31)20-11-19(22-6-5-17(3)14-28-22)12-21(13-20)25(32)30-18(4)23-15-26-9-10-27-23/h5-16,18H,1-4H3,(H,30,32). The van der Waals surface area contributed by atoms with Crippen LogP contribution in [0.3, 0.4) is 0 Å². The molecule has 3 aromatic heterocycles. The number of hydrogen-bond acceptors (Lipinski definition) is 5. The molecule has 0 aliphatic heterocycles. The molecule has 1 aromatic carbocycles. The predicted octanol–water partition coefficient (Wildman–Crippen LogP) is 4.78. The molecule has 4 aromatic rings. The lowest BCUT2D eigenvalue weighted by Crippen LogP contribution is -2.27. The zero-order chi connectivity index (χ0) is 22.7. The Kier molecular flexibility index (Phi) is 6.07. The number of aryl methyl sites for hydroxylation is 1. The van der Waals surface area contributed by atoms with Gasteiger partial charge in [0.05, 0.1) is 29.3 Å². The van der Waals surface area contributed by atoms with Crippen LogP contribution in [-0.4, -0.2) is 30.6 Å². The second-order valence-electron chi connectivity index (χ2n) is 8.10. The van der Waals surface area contributed by atoms with Crippen molar-refractivity contribution in [3.8, 4) is 22.5 Å². The summed E-state index contributed by atoms with van der Waals surface area (Å²) in [5, 5.41) is 7.48. The predicted molar refractivity (Wildman–Crippen MR) is 124 cm³/mol. The Morgan fingerprint density at radius 1 is 0.938 bits per heavy atom. The van der Waals surface area contributed by atoms with Gasteiger partial charge in [-0.15, -0.1) is 0 Å². The first-order valence-corrected chi connectivity index (χ1v) is 10.6. The fraction of sp³-hybridized carbons (Fsp3) is 0.240. The van der Waals surface area contributed by atoms with Gasteiger partial charge >= 0.3 is 0 Å². The lowest BCUT2D eigenvalue weighted by Gasteiger charge is -2.16. The Morgan fingerprint density at radius 2 is 1.75 bits per heavy atom. The molecule has 0 aliphatic rings. The smallest absolute Gasteiger partial charge is 0.251 e. The normalized spacial score (nSPS) is 12.0. The highest BCUT2D eigenvalue weighted by atomic mass is 16.1. The maximum atomic E-state index is 13.2. The largest absolute Gasteiger partial charge is 0.344 e. The number of aromatic nitrogens is 5. The third-order valence-electron chi connectivity index (χ3n) is 5.23. The van der Waals surface area contributed by atoms with E-state index in [4.69, 9.17) is 0 Å². The highest BCUT2D eigenvalue weighted by Gasteiger charge is 2.17. The Labute approximate surface area is 187 Å². The van der Waals surface area contributed by atoms with Gasteiger partial charge in [-0.05, 0) is 63.6 Å². The van der Waals surface area contributed by atoms with E-state index >= 15 is 0 Å². The van der Waals surface area contributed by atoms with Crippen molar-refractivity contribution in [2.45, 2.75) is 39.8 Å². The zero-order valence-corrected chi connectivity index (χ0v) is 18.6. The maximum absolute atomic E-state index is 13.2. The lowest BCUT2D eigenvalue weighted by atomic mass is 10.00. The second-order valence-corrected chi connectivity index (χ2v) is 8.10. The highest BCUT2D eigenvalue weighted by Crippen LogP contribution is 2.29. The second kappa shape index (κ2) is 9.09. The molecule has 32 heavy (non-hydrogen) atoms. The minimum absolute atomic E-state index is 0.186. The van der Waals surface area contributed by atoms with Gasteiger partial charge in [-0.25, -0.2) is 0 Å². The van der Waals surface area contributed by atoms with Crippen LogP contribution in [0.2, 0.25) is 0 Å². The molecular formula is C25H26N6O. The fourth-order valence-electron chi connectivity index (χ4n) is 3.54. The van der Waals surface area contributed by atoms with Gasteiger partial charge in [0, 0.05) is 47.5 Å². The monoisotopic (exact) mass is 426 g/mol. The topological polar surface area (TPSA) is 85.6 Å². The van der Waals surface area contributed by atoms with Crippen molar-refractivity contribution in [2.75, 3.05) is 0 Å². The molecule has 0 aliphatic carbocycles. The molecule has 7 heteroatoms. The number of nitrogens with zero attached hydrogens (tertiary/aromatic N) is 5. The summed E-state index contributed by atoms with van der Waals surface area (Å²) in [7, 11) is 0. The average molecular weight is 427 g/mol. The van der Waals surface area contributed by atoms with Crippen LogP contribution in [0.5, 0.6) is 0 Å². The summed E-state index contributed by atoms with van der Waals surface area (Å²) in [6, 6.07) is 11.7. The van der Waals surface area contributed by atoms with Crippen molar-refractivity contribution in [3.63, 3.8) is 0 Å². The van der Waals surface area contributed by atoms with E-state index in [9.17, 15) is 4.79 Å². The van der Waals surface area contributed by atoms with Gasteiger partial charge in [0.2, 0.25) is 0 Å². The number of hydrogen-bond donors (Lipinski definition) is 1. The van der Waals surface area contributed by atoms with Crippen LogP contribution in [0.15, 0.2) is 67.4 Å². The number of amides is 1.